The van der Waals surface area contributed by atoms with Crippen LogP contribution in [0.4, 0.5) is 17.5 Å². The molecule has 0 aliphatic carbocycles. The number of nitrogens with zero attached hydrogens (tertiary/aromatic N) is 3. The monoisotopic (exact) mass is 431 g/mol. The zero-order chi connectivity index (χ0) is 20.9. The van der Waals surface area contributed by atoms with Crippen LogP contribution >= 0.6 is 11.6 Å². The Kier molecular flexibility index (Phi) is 6.92. The van der Waals surface area contributed by atoms with Gasteiger partial charge in [0.25, 0.3) is 0 Å². The van der Waals surface area contributed by atoms with E-state index < -0.39 is 0 Å². The molecule has 1 aromatic carbocycles. The minimum Gasteiger partial charge on any atom is -0.496 e. The number of hydrogen-bond donors (Lipinski definition) is 2. The summed E-state index contributed by atoms with van der Waals surface area (Å²) in [4.78, 5) is 11.2. The maximum absolute atomic E-state index is 6.27. The van der Waals surface area contributed by atoms with Crippen LogP contribution in [0.2, 0.25) is 5.02 Å². The van der Waals surface area contributed by atoms with Crippen molar-refractivity contribution >= 4 is 29.1 Å². The van der Waals surface area contributed by atoms with E-state index in [1.54, 1.807) is 13.3 Å². The lowest BCUT2D eigenvalue weighted by atomic mass is 9.89. The van der Waals surface area contributed by atoms with Gasteiger partial charge in [-0.1, -0.05) is 17.7 Å². The average Bonchev–Trinajstić information content (AvgIpc) is 3.28. The number of halogens is 1. The number of methoxy groups -OCH3 is 1. The number of anilines is 3. The van der Waals surface area contributed by atoms with Crippen LogP contribution in [0.1, 0.15) is 37.2 Å². The summed E-state index contributed by atoms with van der Waals surface area (Å²) < 4.78 is 11.4. The largest absolute Gasteiger partial charge is 0.496 e. The highest BCUT2D eigenvalue weighted by molar-refractivity contribution is 6.32. The van der Waals surface area contributed by atoms with Gasteiger partial charge in [-0.25, -0.2) is 4.98 Å². The minimum absolute atomic E-state index is 0.212. The lowest BCUT2D eigenvalue weighted by molar-refractivity contribution is 0.120. The van der Waals surface area contributed by atoms with Crippen molar-refractivity contribution in [3.05, 3.63) is 35.0 Å². The molecule has 4 rings (SSSR count). The third kappa shape index (κ3) is 5.14. The van der Waals surface area contributed by atoms with Gasteiger partial charge in [0, 0.05) is 24.9 Å². The number of benzene rings is 1. The second kappa shape index (κ2) is 9.81. The van der Waals surface area contributed by atoms with Crippen molar-refractivity contribution < 1.29 is 9.47 Å². The van der Waals surface area contributed by atoms with Crippen molar-refractivity contribution in [2.45, 2.75) is 37.7 Å². The van der Waals surface area contributed by atoms with Crippen LogP contribution in [0.25, 0.3) is 0 Å². The quantitative estimate of drug-likeness (QED) is 0.677. The van der Waals surface area contributed by atoms with Gasteiger partial charge in [-0.05, 0) is 63.4 Å². The molecule has 162 valence electrons. The van der Waals surface area contributed by atoms with Crippen LogP contribution in [-0.4, -0.2) is 61.4 Å². The third-order valence-corrected chi connectivity index (χ3v) is 6.19. The molecule has 0 bridgehead atoms. The zero-order valence-corrected chi connectivity index (χ0v) is 18.4. The molecule has 0 unspecified atom stereocenters. The molecule has 30 heavy (non-hydrogen) atoms. The first-order valence-corrected chi connectivity index (χ1v) is 11.0. The van der Waals surface area contributed by atoms with Crippen LogP contribution in [0.5, 0.6) is 5.75 Å². The highest BCUT2D eigenvalue weighted by atomic mass is 35.5. The minimum atomic E-state index is 0.212. The summed E-state index contributed by atoms with van der Waals surface area (Å²) in [6, 6.07) is 6.24. The normalized spacial score (nSPS) is 20.3. The van der Waals surface area contributed by atoms with Gasteiger partial charge >= 0.3 is 0 Å². The lowest BCUT2D eigenvalue weighted by Crippen LogP contribution is -2.29. The van der Waals surface area contributed by atoms with Gasteiger partial charge in [0.15, 0.2) is 5.82 Å². The maximum Gasteiger partial charge on any atom is 0.229 e. The Balaban J connectivity index is 1.45. The van der Waals surface area contributed by atoms with Gasteiger partial charge in [-0.2, -0.15) is 4.98 Å². The van der Waals surface area contributed by atoms with Crippen LogP contribution < -0.4 is 15.4 Å². The lowest BCUT2D eigenvalue weighted by Gasteiger charge is -2.30. The summed E-state index contributed by atoms with van der Waals surface area (Å²) in [6.07, 6.45) is 6.29. The van der Waals surface area contributed by atoms with E-state index in [0.717, 1.165) is 56.8 Å². The van der Waals surface area contributed by atoms with Crippen molar-refractivity contribution in [3.8, 4) is 5.75 Å². The van der Waals surface area contributed by atoms with Gasteiger partial charge < -0.3 is 25.0 Å². The van der Waals surface area contributed by atoms with E-state index in [-0.39, 0.29) is 6.10 Å². The molecule has 2 aromatic rings. The predicted octanol–water partition coefficient (Wildman–Crippen LogP) is 4.28. The molecule has 7 nitrogen and oxygen atoms in total. The molecule has 8 heteroatoms. The molecule has 0 spiro atoms. The molecule has 0 amide bonds. The van der Waals surface area contributed by atoms with Crippen molar-refractivity contribution in [1.82, 2.24) is 14.9 Å². The summed E-state index contributed by atoms with van der Waals surface area (Å²) in [6.45, 7) is 3.75. The van der Waals surface area contributed by atoms with Crippen LogP contribution in [0.15, 0.2) is 24.4 Å². The summed E-state index contributed by atoms with van der Waals surface area (Å²) in [5, 5.41) is 7.05. The second-order valence-corrected chi connectivity index (χ2v) is 8.47. The van der Waals surface area contributed by atoms with Gasteiger partial charge in [0.2, 0.25) is 5.95 Å². The summed E-state index contributed by atoms with van der Waals surface area (Å²) in [5.41, 5.74) is 2.16. The average molecular weight is 432 g/mol. The van der Waals surface area contributed by atoms with Gasteiger partial charge in [-0.15, -0.1) is 0 Å². The molecular formula is C22H30ClN5O2. The van der Waals surface area contributed by atoms with Crippen LogP contribution in [0.3, 0.4) is 0 Å². The third-order valence-electron chi connectivity index (χ3n) is 5.91. The van der Waals surface area contributed by atoms with E-state index in [1.165, 1.54) is 5.56 Å². The Labute approximate surface area is 183 Å². The molecule has 0 radical (unpaired) electrons. The van der Waals surface area contributed by atoms with Crippen LogP contribution in [-0.2, 0) is 4.74 Å². The van der Waals surface area contributed by atoms with E-state index in [9.17, 15) is 0 Å². The van der Waals surface area contributed by atoms with Gasteiger partial charge in [-0.3, -0.25) is 0 Å². The van der Waals surface area contributed by atoms with Crippen molar-refractivity contribution in [2.24, 2.45) is 0 Å². The molecule has 2 aliphatic rings. The topological polar surface area (TPSA) is 71.5 Å². The summed E-state index contributed by atoms with van der Waals surface area (Å²) in [7, 11) is 3.90. The van der Waals surface area contributed by atoms with Gasteiger partial charge in [0.05, 0.1) is 19.4 Å². The maximum atomic E-state index is 6.27. The molecule has 2 N–H and O–H groups in total. The zero-order valence-electron chi connectivity index (χ0n) is 17.7. The first kappa shape index (κ1) is 21.2. The molecule has 1 aromatic heterocycles. The van der Waals surface area contributed by atoms with Crippen molar-refractivity contribution in [3.63, 3.8) is 0 Å². The number of aromatic nitrogens is 2. The number of rotatable bonds is 7. The number of ether oxygens (including phenoxy) is 2. The Bertz CT molecular complexity index is 851. The molecule has 2 aliphatic heterocycles. The van der Waals surface area contributed by atoms with Crippen molar-refractivity contribution in [2.75, 3.05) is 51.0 Å². The second-order valence-electron chi connectivity index (χ2n) is 8.07. The molecule has 0 saturated carbocycles. The standard InChI is InChI=1S/C22H30ClN5O2/c1-28-9-7-15(8-10-28)18-6-5-16(12-20(18)29-2)26-22-25-14-19(23)21(27-22)24-13-17-4-3-11-30-17/h5-6,12,14-15,17H,3-4,7-11,13H2,1-2H3,(H2,24,25,26,27)/t17-/m1/s1. The number of likely N-dealkylation sites (tertiary alicyclic amines) is 1. The molecule has 2 fully saturated rings. The summed E-state index contributed by atoms with van der Waals surface area (Å²) in [5.74, 6) is 2.54. The van der Waals surface area contributed by atoms with E-state index in [0.29, 0.717) is 29.3 Å². The fraction of sp³-hybridized carbons (Fsp3) is 0.545. The fourth-order valence-electron chi connectivity index (χ4n) is 4.14. The Hall–Kier alpha value is -2.09. The Morgan fingerprint density at radius 3 is 2.83 bits per heavy atom. The first-order chi connectivity index (χ1) is 14.6. The van der Waals surface area contributed by atoms with E-state index in [4.69, 9.17) is 21.1 Å². The Morgan fingerprint density at radius 1 is 1.27 bits per heavy atom. The first-order valence-electron chi connectivity index (χ1n) is 10.6. The molecule has 3 heterocycles. The number of hydrogen-bond acceptors (Lipinski definition) is 7. The Morgan fingerprint density at radius 2 is 2.10 bits per heavy atom. The van der Waals surface area contributed by atoms with E-state index in [1.807, 2.05) is 6.07 Å². The van der Waals surface area contributed by atoms with E-state index >= 15 is 0 Å². The highest BCUT2D eigenvalue weighted by Gasteiger charge is 2.22. The summed E-state index contributed by atoms with van der Waals surface area (Å²) >= 11 is 6.27. The molecular weight excluding hydrogens is 402 g/mol. The number of piperidine rings is 1. The fourth-order valence-corrected chi connectivity index (χ4v) is 4.30. The van der Waals surface area contributed by atoms with Crippen molar-refractivity contribution in [1.29, 1.82) is 0 Å². The SMILES string of the molecule is COc1cc(Nc2ncc(Cl)c(NC[C@H]3CCCO3)n2)ccc1C1CCN(C)CC1. The predicted molar refractivity (Wildman–Crippen MR) is 120 cm³/mol. The van der Waals surface area contributed by atoms with Gasteiger partial charge in [0.1, 0.15) is 10.8 Å². The van der Waals surface area contributed by atoms with E-state index in [2.05, 4.69) is 44.7 Å². The smallest absolute Gasteiger partial charge is 0.229 e. The highest BCUT2D eigenvalue weighted by Crippen LogP contribution is 2.36. The number of nitrogens with one attached hydrogen (secondary N) is 2. The molecule has 1 atom stereocenters. The van der Waals surface area contributed by atoms with Crippen LogP contribution in [0, 0.1) is 0 Å². The molecule has 2 saturated heterocycles.